The van der Waals surface area contributed by atoms with Crippen molar-refractivity contribution in [3.63, 3.8) is 0 Å². The van der Waals surface area contributed by atoms with Gasteiger partial charge < -0.3 is 4.74 Å². The van der Waals surface area contributed by atoms with Crippen molar-refractivity contribution in [1.82, 2.24) is 14.3 Å². The van der Waals surface area contributed by atoms with E-state index in [-0.39, 0.29) is 11.7 Å². The molecule has 2 aliphatic rings. The Kier molecular flexibility index (Phi) is 3.26. The van der Waals surface area contributed by atoms with E-state index in [1.165, 1.54) is 4.68 Å². The Bertz CT molecular complexity index is 953. The fraction of sp³-hybridized carbons (Fsp3) is 0.300. The number of aromatic nitrogens is 3. The van der Waals surface area contributed by atoms with Gasteiger partial charge in [0.25, 0.3) is 0 Å². The van der Waals surface area contributed by atoms with Crippen LogP contribution in [0.5, 0.6) is 5.75 Å². The lowest BCUT2D eigenvalue weighted by molar-refractivity contribution is 0.303. The van der Waals surface area contributed by atoms with Crippen LogP contribution in [0.1, 0.15) is 36.7 Å². The normalized spacial score (nSPS) is 19.0. The highest BCUT2D eigenvalue weighted by Crippen LogP contribution is 2.30. The lowest BCUT2D eigenvalue weighted by Crippen LogP contribution is -2.26. The lowest BCUT2D eigenvalue weighted by atomic mass is 10.1. The average Bonchev–Trinajstić information content (AvgIpc) is 3.27. The fourth-order valence-corrected chi connectivity index (χ4v) is 3.50. The van der Waals surface area contributed by atoms with Gasteiger partial charge in [-0.1, -0.05) is 30.3 Å². The summed E-state index contributed by atoms with van der Waals surface area (Å²) in [6.07, 6.45) is 4.39. The minimum atomic E-state index is -0.0720. The molecule has 1 aliphatic carbocycles. The number of hydrogen-bond acceptors (Lipinski definition) is 3. The molecule has 1 atom stereocenters. The molecule has 25 heavy (non-hydrogen) atoms. The molecule has 5 nitrogen and oxygen atoms in total. The molecule has 126 valence electrons. The fourth-order valence-electron chi connectivity index (χ4n) is 3.50. The van der Waals surface area contributed by atoms with Crippen molar-refractivity contribution in [2.24, 2.45) is 0 Å². The second-order valence-electron chi connectivity index (χ2n) is 6.76. The molecule has 3 aromatic rings. The second kappa shape index (κ2) is 5.62. The molecule has 0 radical (unpaired) electrons. The standard InChI is InChI=1S/C20H19N3O2/c24-20-22-18(14-4-2-1-3-5-14)12-13-19(22)21-23(20)15-6-8-16(9-7-15)25-17-10-11-17/h1-9,17-18H,10-13H2/t18-/m0/s1. The Morgan fingerprint density at radius 1 is 0.960 bits per heavy atom. The van der Waals surface area contributed by atoms with Gasteiger partial charge in [0.2, 0.25) is 0 Å². The van der Waals surface area contributed by atoms with Gasteiger partial charge in [0.15, 0.2) is 0 Å². The van der Waals surface area contributed by atoms with Crippen molar-refractivity contribution in [2.45, 2.75) is 37.8 Å². The highest BCUT2D eigenvalue weighted by atomic mass is 16.5. The zero-order valence-electron chi connectivity index (χ0n) is 13.8. The number of hydrogen-bond donors (Lipinski definition) is 0. The molecule has 0 amide bonds. The minimum absolute atomic E-state index is 0.0720. The van der Waals surface area contributed by atoms with Gasteiger partial charge in [-0.05, 0) is 49.1 Å². The summed E-state index contributed by atoms with van der Waals surface area (Å²) < 4.78 is 9.11. The average molecular weight is 333 g/mol. The third-order valence-corrected chi connectivity index (χ3v) is 4.93. The molecule has 2 heterocycles. The SMILES string of the molecule is O=c1n(-c2ccc(OC3CC3)cc2)nc2n1[C@H](c1ccccc1)CC2. The van der Waals surface area contributed by atoms with Crippen LogP contribution in [-0.2, 0) is 6.42 Å². The summed E-state index contributed by atoms with van der Waals surface area (Å²) in [4.78, 5) is 12.9. The maximum absolute atomic E-state index is 12.9. The van der Waals surface area contributed by atoms with Gasteiger partial charge in [0.05, 0.1) is 17.8 Å². The maximum atomic E-state index is 12.9. The van der Waals surface area contributed by atoms with E-state index in [0.29, 0.717) is 6.10 Å². The van der Waals surface area contributed by atoms with Crippen LogP contribution in [-0.4, -0.2) is 20.5 Å². The molecule has 1 aromatic heterocycles. The number of nitrogens with zero attached hydrogens (tertiary/aromatic N) is 3. The van der Waals surface area contributed by atoms with E-state index in [4.69, 9.17) is 4.74 Å². The molecule has 1 saturated carbocycles. The van der Waals surface area contributed by atoms with Crippen LogP contribution in [0.3, 0.4) is 0 Å². The van der Waals surface area contributed by atoms with E-state index in [1.54, 1.807) is 0 Å². The zero-order chi connectivity index (χ0) is 16.8. The zero-order valence-corrected chi connectivity index (χ0v) is 13.8. The monoisotopic (exact) mass is 333 g/mol. The first kappa shape index (κ1) is 14.5. The lowest BCUT2D eigenvalue weighted by Gasteiger charge is -2.12. The number of benzene rings is 2. The Hall–Kier alpha value is -2.82. The van der Waals surface area contributed by atoms with Gasteiger partial charge in [0.1, 0.15) is 11.6 Å². The van der Waals surface area contributed by atoms with Gasteiger partial charge in [-0.25, -0.2) is 4.79 Å². The molecule has 0 bridgehead atoms. The summed E-state index contributed by atoms with van der Waals surface area (Å²) in [7, 11) is 0. The molecule has 0 unspecified atom stereocenters. The summed E-state index contributed by atoms with van der Waals surface area (Å²) in [5.41, 5.74) is 1.87. The van der Waals surface area contributed by atoms with Crippen molar-refractivity contribution in [2.75, 3.05) is 0 Å². The summed E-state index contributed by atoms with van der Waals surface area (Å²) in [5.74, 6) is 1.71. The third-order valence-electron chi connectivity index (χ3n) is 4.93. The van der Waals surface area contributed by atoms with Gasteiger partial charge in [-0.2, -0.15) is 4.68 Å². The predicted molar refractivity (Wildman–Crippen MR) is 94.4 cm³/mol. The minimum Gasteiger partial charge on any atom is -0.490 e. The van der Waals surface area contributed by atoms with Gasteiger partial charge >= 0.3 is 5.69 Å². The maximum Gasteiger partial charge on any atom is 0.351 e. The van der Waals surface area contributed by atoms with Crippen molar-refractivity contribution in [3.8, 4) is 11.4 Å². The molecule has 0 spiro atoms. The molecule has 5 rings (SSSR count). The molecular formula is C20H19N3O2. The van der Waals surface area contributed by atoms with E-state index in [9.17, 15) is 4.79 Å². The molecule has 0 N–H and O–H groups in total. The summed E-state index contributed by atoms with van der Waals surface area (Å²) in [6.45, 7) is 0. The van der Waals surface area contributed by atoms with Crippen molar-refractivity contribution in [1.29, 1.82) is 0 Å². The van der Waals surface area contributed by atoms with Crippen molar-refractivity contribution in [3.05, 3.63) is 76.5 Å². The number of fused-ring (bicyclic) bond motifs is 1. The van der Waals surface area contributed by atoms with E-state index < -0.39 is 0 Å². The van der Waals surface area contributed by atoms with Crippen LogP contribution < -0.4 is 10.4 Å². The molecule has 0 saturated heterocycles. The number of rotatable bonds is 4. The van der Waals surface area contributed by atoms with E-state index in [1.807, 2.05) is 47.0 Å². The van der Waals surface area contributed by atoms with Gasteiger partial charge in [-0.15, -0.1) is 5.10 Å². The molecule has 5 heteroatoms. The molecular weight excluding hydrogens is 314 g/mol. The van der Waals surface area contributed by atoms with Crippen LogP contribution in [0.25, 0.3) is 5.69 Å². The summed E-state index contributed by atoms with van der Waals surface area (Å²) in [6, 6.07) is 17.9. The molecule has 1 fully saturated rings. The van der Waals surface area contributed by atoms with E-state index in [0.717, 1.165) is 48.5 Å². The Morgan fingerprint density at radius 3 is 2.44 bits per heavy atom. The predicted octanol–water partition coefficient (Wildman–Crippen LogP) is 3.11. The van der Waals surface area contributed by atoms with Crippen LogP contribution in [0, 0.1) is 0 Å². The highest BCUT2D eigenvalue weighted by molar-refractivity contribution is 5.37. The third kappa shape index (κ3) is 2.56. The van der Waals surface area contributed by atoms with Crippen LogP contribution >= 0.6 is 0 Å². The van der Waals surface area contributed by atoms with Gasteiger partial charge in [-0.3, -0.25) is 4.57 Å². The topological polar surface area (TPSA) is 49.1 Å². The molecule has 2 aromatic carbocycles. The Balaban J connectivity index is 1.49. The molecule has 1 aliphatic heterocycles. The highest BCUT2D eigenvalue weighted by Gasteiger charge is 2.29. The first-order chi connectivity index (χ1) is 12.3. The van der Waals surface area contributed by atoms with E-state index >= 15 is 0 Å². The Labute approximate surface area is 145 Å². The second-order valence-corrected chi connectivity index (χ2v) is 6.76. The van der Waals surface area contributed by atoms with Crippen LogP contribution in [0.15, 0.2) is 59.4 Å². The van der Waals surface area contributed by atoms with Crippen molar-refractivity contribution >= 4 is 0 Å². The summed E-state index contributed by atoms with van der Waals surface area (Å²) >= 11 is 0. The number of ether oxygens (including phenoxy) is 1. The number of aryl methyl sites for hydroxylation is 1. The first-order valence-corrected chi connectivity index (χ1v) is 8.82. The van der Waals surface area contributed by atoms with E-state index in [2.05, 4.69) is 17.2 Å². The van der Waals surface area contributed by atoms with Gasteiger partial charge in [0, 0.05) is 6.42 Å². The van der Waals surface area contributed by atoms with Crippen molar-refractivity contribution < 1.29 is 4.74 Å². The largest absolute Gasteiger partial charge is 0.490 e. The Morgan fingerprint density at radius 2 is 1.72 bits per heavy atom. The summed E-state index contributed by atoms with van der Waals surface area (Å²) in [5, 5.41) is 4.57. The smallest absolute Gasteiger partial charge is 0.351 e. The quantitative estimate of drug-likeness (QED) is 0.737. The first-order valence-electron chi connectivity index (χ1n) is 8.82. The van der Waals surface area contributed by atoms with Crippen LogP contribution in [0.2, 0.25) is 0 Å². The van der Waals surface area contributed by atoms with Crippen LogP contribution in [0.4, 0.5) is 0 Å².